The van der Waals surface area contributed by atoms with Crippen molar-refractivity contribution in [2.75, 3.05) is 26.1 Å². The van der Waals surface area contributed by atoms with E-state index in [9.17, 15) is 26.4 Å². The third kappa shape index (κ3) is 4.80. The van der Waals surface area contributed by atoms with Crippen molar-refractivity contribution in [1.29, 1.82) is 0 Å². The topological polar surface area (TPSA) is 90.9 Å². The zero-order chi connectivity index (χ0) is 21.8. The van der Waals surface area contributed by atoms with E-state index in [0.29, 0.717) is 6.07 Å². The van der Waals surface area contributed by atoms with Gasteiger partial charge in [-0.15, -0.1) is 0 Å². The number of ether oxygens (including phenoxy) is 3. The van der Waals surface area contributed by atoms with E-state index in [1.165, 1.54) is 26.4 Å². The highest BCUT2D eigenvalue weighted by Gasteiger charge is 2.26. The number of hydrogen-bond acceptors (Lipinski definition) is 6. The van der Waals surface area contributed by atoms with E-state index < -0.39 is 44.0 Å². The Morgan fingerprint density at radius 3 is 2.31 bits per heavy atom. The third-order valence-electron chi connectivity index (χ3n) is 3.65. The van der Waals surface area contributed by atoms with Crippen LogP contribution in [0.15, 0.2) is 35.2 Å². The van der Waals surface area contributed by atoms with Gasteiger partial charge < -0.3 is 14.2 Å². The van der Waals surface area contributed by atoms with Crippen LogP contribution in [-0.4, -0.2) is 35.7 Å². The molecule has 0 amide bonds. The number of carbonyl (C=O) groups excluding carboxylic acids is 1. The van der Waals surface area contributed by atoms with Crippen molar-refractivity contribution in [3.63, 3.8) is 0 Å². The van der Waals surface area contributed by atoms with Crippen molar-refractivity contribution in [1.82, 2.24) is 0 Å². The molecule has 11 heteroatoms. The van der Waals surface area contributed by atoms with Gasteiger partial charge in [0.05, 0.1) is 27.0 Å². The lowest BCUT2D eigenvalue weighted by molar-refractivity contribution is -0.134. The van der Waals surface area contributed by atoms with Crippen molar-refractivity contribution in [3.05, 3.63) is 53.4 Å². The molecule has 0 bridgehead atoms. The standard InChI is InChI=1S/C18H16F3NO6S/c1-26-13-8-10(4-7-15(23)27-2)9-14(18(13)28-3)29(24,25)22-12-6-5-11(19)16(20)17(12)21/h4-9,22H,1-3H3/b7-4-. The number of hydrogen-bond donors (Lipinski definition) is 1. The van der Waals surface area contributed by atoms with Crippen LogP contribution in [0.3, 0.4) is 0 Å². The zero-order valence-electron chi connectivity index (χ0n) is 15.5. The lowest BCUT2D eigenvalue weighted by atomic mass is 10.2. The average molecular weight is 431 g/mol. The van der Waals surface area contributed by atoms with E-state index in [1.54, 1.807) is 0 Å². The van der Waals surface area contributed by atoms with Crippen molar-refractivity contribution in [2.45, 2.75) is 4.90 Å². The SMILES string of the molecule is COC(=O)/C=C\c1cc(OC)c(OC)c(S(=O)(=O)Nc2ccc(F)c(F)c2F)c1. The van der Waals surface area contributed by atoms with Gasteiger partial charge in [-0.1, -0.05) is 0 Å². The summed E-state index contributed by atoms with van der Waals surface area (Å²) in [5.74, 6) is -5.93. The second-order valence-corrected chi connectivity index (χ2v) is 7.09. The Kier molecular flexibility index (Phi) is 6.75. The first-order valence-corrected chi connectivity index (χ1v) is 9.31. The summed E-state index contributed by atoms with van der Waals surface area (Å²) in [5.41, 5.74) is -0.598. The van der Waals surface area contributed by atoms with Gasteiger partial charge in [-0.05, 0) is 35.9 Å². The van der Waals surface area contributed by atoms with Crippen LogP contribution in [0.1, 0.15) is 5.56 Å². The molecule has 0 aromatic heterocycles. The van der Waals surface area contributed by atoms with E-state index in [-0.39, 0.29) is 17.1 Å². The Hall–Kier alpha value is -3.21. The van der Waals surface area contributed by atoms with Crippen LogP contribution in [0.25, 0.3) is 6.08 Å². The third-order valence-corrected chi connectivity index (χ3v) is 5.02. The smallest absolute Gasteiger partial charge is 0.330 e. The van der Waals surface area contributed by atoms with Gasteiger partial charge in [0.25, 0.3) is 10.0 Å². The van der Waals surface area contributed by atoms with Crippen LogP contribution in [-0.2, 0) is 19.6 Å². The molecule has 0 aliphatic heterocycles. The largest absolute Gasteiger partial charge is 0.493 e. The molecule has 0 radical (unpaired) electrons. The summed E-state index contributed by atoms with van der Waals surface area (Å²) in [6.45, 7) is 0. The first-order chi connectivity index (χ1) is 13.6. The molecule has 2 aromatic carbocycles. The number of halogens is 3. The zero-order valence-corrected chi connectivity index (χ0v) is 16.3. The molecule has 0 unspecified atom stereocenters. The lowest BCUT2D eigenvalue weighted by Gasteiger charge is -2.16. The van der Waals surface area contributed by atoms with Crippen molar-refractivity contribution >= 4 is 27.8 Å². The van der Waals surface area contributed by atoms with Gasteiger partial charge in [0, 0.05) is 6.08 Å². The van der Waals surface area contributed by atoms with Crippen LogP contribution in [0.4, 0.5) is 18.9 Å². The number of methoxy groups -OCH3 is 3. The number of sulfonamides is 1. The van der Waals surface area contributed by atoms with Gasteiger partial charge in [0.2, 0.25) is 0 Å². The quantitative estimate of drug-likeness (QED) is 0.412. The summed E-state index contributed by atoms with van der Waals surface area (Å²) in [6.07, 6.45) is 2.30. The fourth-order valence-electron chi connectivity index (χ4n) is 2.28. The summed E-state index contributed by atoms with van der Waals surface area (Å²) >= 11 is 0. The maximum absolute atomic E-state index is 13.9. The maximum Gasteiger partial charge on any atom is 0.330 e. The highest BCUT2D eigenvalue weighted by atomic mass is 32.2. The predicted octanol–water partition coefficient (Wildman–Crippen LogP) is 3.11. The molecule has 156 valence electrons. The van der Waals surface area contributed by atoms with Crippen LogP contribution in [0.2, 0.25) is 0 Å². The lowest BCUT2D eigenvalue weighted by Crippen LogP contribution is -2.16. The number of esters is 1. The van der Waals surface area contributed by atoms with Crippen molar-refractivity contribution in [3.8, 4) is 11.5 Å². The summed E-state index contributed by atoms with van der Waals surface area (Å²) in [7, 11) is -0.943. The molecular formula is C18H16F3NO6S. The molecule has 2 aromatic rings. The predicted molar refractivity (Wildman–Crippen MR) is 97.7 cm³/mol. The Morgan fingerprint density at radius 1 is 1.03 bits per heavy atom. The first-order valence-electron chi connectivity index (χ1n) is 7.83. The average Bonchev–Trinajstić information content (AvgIpc) is 2.71. The van der Waals surface area contributed by atoms with E-state index in [4.69, 9.17) is 9.47 Å². The second-order valence-electron chi connectivity index (χ2n) is 5.44. The minimum absolute atomic E-state index is 0.00866. The number of benzene rings is 2. The fraction of sp³-hybridized carbons (Fsp3) is 0.167. The second kappa shape index (κ2) is 8.86. The van der Waals surface area contributed by atoms with Gasteiger partial charge in [0.15, 0.2) is 29.0 Å². The minimum atomic E-state index is -4.54. The number of nitrogens with one attached hydrogen (secondary N) is 1. The first kappa shape index (κ1) is 22.1. The Morgan fingerprint density at radius 2 is 1.72 bits per heavy atom. The van der Waals surface area contributed by atoms with Gasteiger partial charge in [-0.25, -0.2) is 26.4 Å². The Bertz CT molecular complexity index is 1070. The highest BCUT2D eigenvalue weighted by molar-refractivity contribution is 7.92. The van der Waals surface area contributed by atoms with Crippen molar-refractivity contribution < 1.29 is 40.6 Å². The van der Waals surface area contributed by atoms with Gasteiger partial charge >= 0.3 is 5.97 Å². The van der Waals surface area contributed by atoms with E-state index >= 15 is 0 Å². The molecule has 0 fully saturated rings. The van der Waals surface area contributed by atoms with E-state index in [1.807, 2.05) is 4.72 Å². The van der Waals surface area contributed by atoms with Gasteiger partial charge in [-0.2, -0.15) is 0 Å². The molecule has 7 nitrogen and oxygen atoms in total. The molecule has 29 heavy (non-hydrogen) atoms. The molecule has 1 N–H and O–H groups in total. The monoisotopic (exact) mass is 431 g/mol. The summed E-state index contributed by atoms with van der Waals surface area (Å²) in [6, 6.07) is 3.80. The summed E-state index contributed by atoms with van der Waals surface area (Å²) < 4.78 is 82.5. The Balaban J connectivity index is 2.59. The summed E-state index contributed by atoms with van der Waals surface area (Å²) in [4.78, 5) is 10.8. The normalized spacial score (nSPS) is 11.4. The molecule has 0 spiro atoms. The van der Waals surface area contributed by atoms with Crippen LogP contribution in [0.5, 0.6) is 11.5 Å². The maximum atomic E-state index is 13.9. The number of carbonyl (C=O) groups is 1. The van der Waals surface area contributed by atoms with Crippen molar-refractivity contribution in [2.24, 2.45) is 0 Å². The number of anilines is 1. The molecule has 0 saturated heterocycles. The van der Waals surface area contributed by atoms with Crippen LogP contribution >= 0.6 is 0 Å². The number of rotatable bonds is 7. The molecule has 0 heterocycles. The minimum Gasteiger partial charge on any atom is -0.493 e. The van der Waals surface area contributed by atoms with E-state index in [0.717, 1.165) is 25.3 Å². The van der Waals surface area contributed by atoms with Gasteiger partial charge in [0.1, 0.15) is 4.90 Å². The van der Waals surface area contributed by atoms with Gasteiger partial charge in [-0.3, -0.25) is 4.72 Å². The van der Waals surface area contributed by atoms with Crippen LogP contribution < -0.4 is 14.2 Å². The molecule has 0 aliphatic rings. The molecule has 0 saturated carbocycles. The highest BCUT2D eigenvalue weighted by Crippen LogP contribution is 2.37. The fourth-order valence-corrected chi connectivity index (χ4v) is 3.56. The summed E-state index contributed by atoms with van der Waals surface area (Å²) in [5, 5.41) is 0. The molecule has 0 atom stereocenters. The van der Waals surface area contributed by atoms with E-state index in [2.05, 4.69) is 4.74 Å². The van der Waals surface area contributed by atoms with Crippen LogP contribution in [0, 0.1) is 17.5 Å². The molecule has 0 aliphatic carbocycles. The Labute approximate surface area is 164 Å². The molecular weight excluding hydrogens is 415 g/mol. The molecule has 2 rings (SSSR count).